The van der Waals surface area contributed by atoms with Crippen molar-refractivity contribution in [1.82, 2.24) is 9.97 Å². The zero-order valence-corrected chi connectivity index (χ0v) is 16.2. The molecule has 0 bridgehead atoms. The van der Waals surface area contributed by atoms with Gasteiger partial charge in [0.2, 0.25) is 0 Å². The Morgan fingerprint density at radius 1 is 0.893 bits per heavy atom. The quantitative estimate of drug-likeness (QED) is 0.522. The molecule has 28 heavy (non-hydrogen) atoms. The second-order valence-electron chi connectivity index (χ2n) is 7.02. The number of hydrogen-bond donors (Lipinski definition) is 1. The lowest BCUT2D eigenvalue weighted by molar-refractivity contribution is 0.102. The lowest BCUT2D eigenvalue weighted by Gasteiger charge is -2.15. The molecule has 2 heterocycles. The first-order valence-electron chi connectivity index (χ1n) is 9.23. The van der Waals surface area contributed by atoms with Gasteiger partial charge in [-0.3, -0.25) is 4.79 Å². The second-order valence-corrected chi connectivity index (χ2v) is 7.02. The van der Waals surface area contributed by atoms with E-state index in [4.69, 9.17) is 4.98 Å². The number of pyridine rings is 2. The molecule has 4 aromatic rings. The molecule has 0 atom stereocenters. The zero-order chi connectivity index (χ0) is 19.7. The van der Waals surface area contributed by atoms with Gasteiger partial charge in [-0.05, 0) is 50.1 Å². The van der Waals surface area contributed by atoms with E-state index in [1.165, 1.54) is 5.56 Å². The van der Waals surface area contributed by atoms with E-state index in [2.05, 4.69) is 29.4 Å². The van der Waals surface area contributed by atoms with Crippen LogP contribution < -0.4 is 5.32 Å². The van der Waals surface area contributed by atoms with Gasteiger partial charge in [-0.25, -0.2) is 9.97 Å². The van der Waals surface area contributed by atoms with Crippen molar-refractivity contribution in [1.29, 1.82) is 0 Å². The average molecular weight is 367 g/mol. The van der Waals surface area contributed by atoms with Crippen LogP contribution in [0.4, 0.5) is 5.82 Å². The van der Waals surface area contributed by atoms with Gasteiger partial charge in [0.1, 0.15) is 5.82 Å². The fourth-order valence-corrected chi connectivity index (χ4v) is 3.38. The number of carbonyl (C=O) groups excluding carboxylic acids is 1. The highest BCUT2D eigenvalue weighted by atomic mass is 16.1. The van der Waals surface area contributed by atoms with Crippen molar-refractivity contribution in [2.45, 2.75) is 20.8 Å². The van der Waals surface area contributed by atoms with E-state index in [0.717, 1.165) is 33.3 Å². The molecule has 0 fully saturated rings. The van der Waals surface area contributed by atoms with E-state index in [0.29, 0.717) is 11.4 Å². The minimum atomic E-state index is -0.178. The Kier molecular flexibility index (Phi) is 4.62. The molecular weight excluding hydrogens is 346 g/mol. The zero-order valence-electron chi connectivity index (χ0n) is 16.2. The molecule has 1 N–H and O–H groups in total. The number of para-hydroxylation sites is 1. The molecule has 0 saturated carbocycles. The topological polar surface area (TPSA) is 54.9 Å². The molecular formula is C24H21N3O. The molecule has 0 saturated heterocycles. The van der Waals surface area contributed by atoms with E-state index >= 15 is 0 Å². The molecule has 4 heteroatoms. The van der Waals surface area contributed by atoms with E-state index in [1.807, 2.05) is 62.4 Å². The van der Waals surface area contributed by atoms with Gasteiger partial charge in [-0.1, -0.05) is 48.0 Å². The third kappa shape index (κ3) is 3.37. The summed E-state index contributed by atoms with van der Waals surface area (Å²) in [6.07, 6.45) is 1.69. The van der Waals surface area contributed by atoms with E-state index in [1.54, 1.807) is 6.20 Å². The van der Waals surface area contributed by atoms with E-state index in [-0.39, 0.29) is 5.91 Å². The predicted molar refractivity (Wildman–Crippen MR) is 114 cm³/mol. The molecule has 2 aromatic carbocycles. The second kappa shape index (κ2) is 7.24. The number of nitrogens with zero attached hydrogens (tertiary/aromatic N) is 2. The van der Waals surface area contributed by atoms with Crippen LogP contribution in [0.25, 0.3) is 22.2 Å². The van der Waals surface area contributed by atoms with Crippen molar-refractivity contribution in [2.75, 3.05) is 5.32 Å². The molecule has 0 aliphatic rings. The monoisotopic (exact) mass is 367 g/mol. The minimum Gasteiger partial charge on any atom is -0.307 e. The maximum atomic E-state index is 13.2. The third-order valence-electron chi connectivity index (χ3n) is 4.84. The molecule has 0 spiro atoms. The lowest BCUT2D eigenvalue weighted by Crippen LogP contribution is -2.16. The summed E-state index contributed by atoms with van der Waals surface area (Å²) in [5.41, 5.74) is 6.33. The smallest absolute Gasteiger partial charge is 0.257 e. The van der Waals surface area contributed by atoms with Crippen molar-refractivity contribution in [3.05, 3.63) is 89.1 Å². The number of benzene rings is 2. The van der Waals surface area contributed by atoms with Crippen LogP contribution in [0.3, 0.4) is 0 Å². The van der Waals surface area contributed by atoms with Crippen LogP contribution in [0.2, 0.25) is 0 Å². The van der Waals surface area contributed by atoms with Gasteiger partial charge < -0.3 is 5.32 Å². The summed E-state index contributed by atoms with van der Waals surface area (Å²) in [5, 5.41) is 3.78. The predicted octanol–water partition coefficient (Wildman–Crippen LogP) is 5.47. The van der Waals surface area contributed by atoms with Gasteiger partial charge in [0.05, 0.1) is 16.8 Å². The number of fused-ring (bicyclic) bond motifs is 1. The van der Waals surface area contributed by atoms with Crippen LogP contribution in [-0.4, -0.2) is 15.9 Å². The van der Waals surface area contributed by atoms with Gasteiger partial charge in [0.25, 0.3) is 5.91 Å². The molecule has 0 unspecified atom stereocenters. The summed E-state index contributed by atoms with van der Waals surface area (Å²) in [5.74, 6) is 0.366. The van der Waals surface area contributed by atoms with Crippen molar-refractivity contribution in [2.24, 2.45) is 0 Å². The van der Waals surface area contributed by atoms with Gasteiger partial charge in [0.15, 0.2) is 0 Å². The van der Waals surface area contributed by atoms with Crippen molar-refractivity contribution >= 4 is 22.6 Å². The molecule has 4 rings (SSSR count). The van der Waals surface area contributed by atoms with Crippen LogP contribution in [0.1, 0.15) is 27.0 Å². The van der Waals surface area contributed by atoms with E-state index < -0.39 is 0 Å². The number of aromatic nitrogens is 2. The number of nitrogens with one attached hydrogen (secondary N) is 1. The highest BCUT2D eigenvalue weighted by Crippen LogP contribution is 2.30. The number of rotatable bonds is 3. The summed E-state index contributed by atoms with van der Waals surface area (Å²) >= 11 is 0. The number of aryl methyl sites for hydroxylation is 2. The molecule has 4 nitrogen and oxygen atoms in total. The standard InChI is InChI=1S/C24H21N3O/c1-15-8-10-18(11-9-15)23-17(3)22(19-6-4-5-7-20(19)26-23)24(28)27-21-14-16(2)12-13-25-21/h4-14H,1-3H3,(H,25,27,28). The first-order chi connectivity index (χ1) is 13.5. The summed E-state index contributed by atoms with van der Waals surface area (Å²) in [4.78, 5) is 22.3. The van der Waals surface area contributed by atoms with Gasteiger partial charge >= 0.3 is 0 Å². The van der Waals surface area contributed by atoms with Gasteiger partial charge in [-0.15, -0.1) is 0 Å². The highest BCUT2D eigenvalue weighted by Gasteiger charge is 2.19. The Balaban J connectivity index is 1.87. The highest BCUT2D eigenvalue weighted by molar-refractivity contribution is 6.14. The third-order valence-corrected chi connectivity index (χ3v) is 4.84. The maximum Gasteiger partial charge on any atom is 0.257 e. The average Bonchev–Trinajstić information content (AvgIpc) is 2.68. The van der Waals surface area contributed by atoms with Crippen LogP contribution >= 0.6 is 0 Å². The fourth-order valence-electron chi connectivity index (χ4n) is 3.38. The summed E-state index contributed by atoms with van der Waals surface area (Å²) < 4.78 is 0. The summed E-state index contributed by atoms with van der Waals surface area (Å²) in [7, 11) is 0. The Morgan fingerprint density at radius 2 is 1.64 bits per heavy atom. The molecule has 0 aliphatic carbocycles. The normalized spacial score (nSPS) is 10.8. The van der Waals surface area contributed by atoms with Crippen molar-refractivity contribution in [3.8, 4) is 11.3 Å². The maximum absolute atomic E-state index is 13.2. The summed E-state index contributed by atoms with van der Waals surface area (Å²) in [6.45, 7) is 5.98. The largest absolute Gasteiger partial charge is 0.307 e. The van der Waals surface area contributed by atoms with Crippen LogP contribution in [0, 0.1) is 20.8 Å². The van der Waals surface area contributed by atoms with Crippen LogP contribution in [-0.2, 0) is 0 Å². The lowest BCUT2D eigenvalue weighted by atomic mass is 9.97. The van der Waals surface area contributed by atoms with Crippen molar-refractivity contribution in [3.63, 3.8) is 0 Å². The van der Waals surface area contributed by atoms with Gasteiger partial charge in [0, 0.05) is 17.1 Å². The number of amides is 1. The molecule has 1 amide bonds. The minimum absolute atomic E-state index is 0.178. The molecule has 0 radical (unpaired) electrons. The number of hydrogen-bond acceptors (Lipinski definition) is 3. The first-order valence-corrected chi connectivity index (χ1v) is 9.23. The Bertz CT molecular complexity index is 1180. The Labute approximate surface area is 164 Å². The fraction of sp³-hybridized carbons (Fsp3) is 0.125. The molecule has 138 valence electrons. The van der Waals surface area contributed by atoms with Crippen LogP contribution in [0.15, 0.2) is 66.9 Å². The number of carbonyl (C=O) groups is 1. The molecule has 2 aromatic heterocycles. The first kappa shape index (κ1) is 17.9. The molecule has 0 aliphatic heterocycles. The Morgan fingerprint density at radius 3 is 2.39 bits per heavy atom. The number of anilines is 1. The summed E-state index contributed by atoms with van der Waals surface area (Å²) in [6, 6.07) is 19.7. The van der Waals surface area contributed by atoms with E-state index in [9.17, 15) is 4.79 Å². The van der Waals surface area contributed by atoms with Gasteiger partial charge in [-0.2, -0.15) is 0 Å². The van der Waals surface area contributed by atoms with Crippen molar-refractivity contribution < 1.29 is 4.79 Å². The Hall–Kier alpha value is -3.53. The van der Waals surface area contributed by atoms with Crippen LogP contribution in [0.5, 0.6) is 0 Å². The SMILES string of the molecule is Cc1ccc(-c2nc3ccccc3c(C(=O)Nc3cc(C)ccn3)c2C)cc1.